The standard InChI is InChI=1S/C23H19F2N3O/c24-12-3-5-19-15(8-12)17-10-18-16-9-13(25)4-6-20(16)28-22(18)23(21(17)27-19)29-11-14-2-1-7-26-14/h3-6,8-10,14,26-28H,1-2,7,11H2/t14-/m1/s1. The van der Waals surface area contributed by atoms with Crippen LogP contribution in [-0.4, -0.2) is 29.2 Å². The largest absolute Gasteiger partial charge is 0.488 e. The number of aromatic amines is 2. The van der Waals surface area contributed by atoms with Gasteiger partial charge in [-0.05, 0) is 61.9 Å². The van der Waals surface area contributed by atoms with Crippen molar-refractivity contribution in [2.24, 2.45) is 0 Å². The van der Waals surface area contributed by atoms with E-state index >= 15 is 0 Å². The summed E-state index contributed by atoms with van der Waals surface area (Å²) in [7, 11) is 0. The minimum Gasteiger partial charge on any atom is -0.488 e. The number of fused-ring (bicyclic) bond motifs is 6. The molecular weight excluding hydrogens is 372 g/mol. The van der Waals surface area contributed by atoms with Crippen LogP contribution in [0.4, 0.5) is 8.78 Å². The minimum absolute atomic E-state index is 0.291. The third-order valence-corrected chi connectivity index (χ3v) is 5.94. The number of ether oxygens (including phenoxy) is 1. The van der Waals surface area contributed by atoms with Crippen LogP contribution in [0.15, 0.2) is 42.5 Å². The second-order valence-corrected chi connectivity index (χ2v) is 7.78. The van der Waals surface area contributed by atoms with Crippen molar-refractivity contribution in [2.45, 2.75) is 18.9 Å². The van der Waals surface area contributed by atoms with E-state index in [4.69, 9.17) is 4.74 Å². The molecule has 1 aliphatic heterocycles. The Kier molecular flexibility index (Phi) is 3.59. The third-order valence-electron chi connectivity index (χ3n) is 5.94. The summed E-state index contributed by atoms with van der Waals surface area (Å²) in [4.78, 5) is 6.78. The highest BCUT2D eigenvalue weighted by Crippen LogP contribution is 2.41. The Bertz CT molecular complexity index is 1300. The van der Waals surface area contributed by atoms with Gasteiger partial charge >= 0.3 is 0 Å². The molecule has 2 aromatic heterocycles. The van der Waals surface area contributed by atoms with Crippen molar-refractivity contribution in [3.05, 3.63) is 54.1 Å². The van der Waals surface area contributed by atoms with Crippen LogP contribution in [0.1, 0.15) is 12.8 Å². The van der Waals surface area contributed by atoms with Crippen LogP contribution in [0.2, 0.25) is 0 Å². The first-order chi connectivity index (χ1) is 14.2. The number of hydrogen-bond acceptors (Lipinski definition) is 2. The Morgan fingerprint density at radius 2 is 1.45 bits per heavy atom. The molecule has 3 aromatic carbocycles. The van der Waals surface area contributed by atoms with Crippen molar-refractivity contribution in [1.82, 2.24) is 15.3 Å². The van der Waals surface area contributed by atoms with Gasteiger partial charge < -0.3 is 20.0 Å². The summed E-state index contributed by atoms with van der Waals surface area (Å²) in [6, 6.07) is 11.7. The van der Waals surface area contributed by atoms with Gasteiger partial charge in [-0.3, -0.25) is 0 Å². The Morgan fingerprint density at radius 3 is 2.00 bits per heavy atom. The Hall–Kier alpha value is -3.12. The highest BCUT2D eigenvalue weighted by Gasteiger charge is 2.20. The van der Waals surface area contributed by atoms with Crippen molar-refractivity contribution in [2.75, 3.05) is 13.2 Å². The molecule has 0 spiro atoms. The molecule has 1 fully saturated rings. The quantitative estimate of drug-likeness (QED) is 0.388. The molecule has 1 atom stereocenters. The molecule has 1 aliphatic rings. The molecule has 3 N–H and O–H groups in total. The van der Waals surface area contributed by atoms with Gasteiger partial charge in [-0.1, -0.05) is 0 Å². The predicted octanol–water partition coefficient (Wildman–Crippen LogP) is 5.36. The van der Waals surface area contributed by atoms with E-state index in [1.54, 1.807) is 12.1 Å². The molecule has 3 heterocycles. The molecule has 0 bridgehead atoms. The zero-order valence-electron chi connectivity index (χ0n) is 15.6. The zero-order chi connectivity index (χ0) is 19.5. The number of H-pyrrole nitrogens is 2. The lowest BCUT2D eigenvalue weighted by Crippen LogP contribution is -2.28. The van der Waals surface area contributed by atoms with Gasteiger partial charge in [0.25, 0.3) is 0 Å². The van der Waals surface area contributed by atoms with Gasteiger partial charge in [0.05, 0.1) is 11.0 Å². The fourth-order valence-corrected chi connectivity index (χ4v) is 4.52. The van der Waals surface area contributed by atoms with Crippen LogP contribution in [0.5, 0.6) is 5.75 Å². The average Bonchev–Trinajstić information content (AvgIpc) is 3.43. The first-order valence-corrected chi connectivity index (χ1v) is 9.88. The fourth-order valence-electron chi connectivity index (χ4n) is 4.52. The molecule has 5 aromatic rings. The van der Waals surface area contributed by atoms with Crippen LogP contribution >= 0.6 is 0 Å². The van der Waals surface area contributed by atoms with E-state index in [-0.39, 0.29) is 11.6 Å². The van der Waals surface area contributed by atoms with Crippen molar-refractivity contribution in [1.29, 1.82) is 0 Å². The molecule has 0 saturated carbocycles. The van der Waals surface area contributed by atoms with E-state index in [0.717, 1.165) is 63.0 Å². The molecule has 4 nitrogen and oxygen atoms in total. The van der Waals surface area contributed by atoms with Crippen molar-refractivity contribution in [3.8, 4) is 5.75 Å². The van der Waals surface area contributed by atoms with E-state index in [2.05, 4.69) is 15.3 Å². The summed E-state index contributed by atoms with van der Waals surface area (Å²) in [6.07, 6.45) is 2.22. The van der Waals surface area contributed by atoms with E-state index in [9.17, 15) is 8.78 Å². The highest BCUT2D eigenvalue weighted by molar-refractivity contribution is 6.20. The van der Waals surface area contributed by atoms with Crippen LogP contribution in [0.25, 0.3) is 43.6 Å². The smallest absolute Gasteiger partial charge is 0.167 e. The van der Waals surface area contributed by atoms with Gasteiger partial charge in [0, 0.05) is 38.6 Å². The molecule has 0 amide bonds. The van der Waals surface area contributed by atoms with Gasteiger partial charge in [0.2, 0.25) is 0 Å². The molecule has 1 saturated heterocycles. The van der Waals surface area contributed by atoms with E-state index in [1.165, 1.54) is 24.3 Å². The van der Waals surface area contributed by atoms with Gasteiger partial charge in [-0.25, -0.2) is 8.78 Å². The van der Waals surface area contributed by atoms with Gasteiger partial charge in [0.1, 0.15) is 18.2 Å². The number of rotatable bonds is 3. The monoisotopic (exact) mass is 391 g/mol. The average molecular weight is 391 g/mol. The molecule has 29 heavy (non-hydrogen) atoms. The van der Waals surface area contributed by atoms with Crippen LogP contribution in [0.3, 0.4) is 0 Å². The molecule has 6 heteroatoms. The Morgan fingerprint density at radius 1 is 0.828 bits per heavy atom. The zero-order valence-corrected chi connectivity index (χ0v) is 15.6. The van der Waals surface area contributed by atoms with E-state index in [1.807, 2.05) is 6.07 Å². The number of aromatic nitrogens is 2. The van der Waals surface area contributed by atoms with E-state index < -0.39 is 0 Å². The van der Waals surface area contributed by atoms with Crippen LogP contribution in [0, 0.1) is 11.6 Å². The first kappa shape index (κ1) is 16.8. The summed E-state index contributed by atoms with van der Waals surface area (Å²) in [5.74, 6) is 0.113. The maximum Gasteiger partial charge on any atom is 0.167 e. The molecule has 0 unspecified atom stereocenters. The van der Waals surface area contributed by atoms with E-state index in [0.29, 0.717) is 18.4 Å². The SMILES string of the molecule is Fc1ccc2[nH]c3c(OC[C@H]4CCCN4)c4[nH]c5ccc(F)cc5c4cc3c2c1. The maximum absolute atomic E-state index is 13.9. The molecule has 0 aliphatic carbocycles. The Labute approximate surface area is 164 Å². The number of benzene rings is 3. The van der Waals surface area contributed by atoms with Gasteiger partial charge in [-0.2, -0.15) is 0 Å². The normalized spacial score (nSPS) is 17.2. The molecule has 146 valence electrons. The summed E-state index contributed by atoms with van der Waals surface area (Å²) in [6.45, 7) is 1.55. The number of hydrogen-bond donors (Lipinski definition) is 3. The highest BCUT2D eigenvalue weighted by atomic mass is 19.1. The summed E-state index contributed by atoms with van der Waals surface area (Å²) in [5.41, 5.74) is 3.33. The van der Waals surface area contributed by atoms with Crippen LogP contribution in [-0.2, 0) is 0 Å². The topological polar surface area (TPSA) is 52.8 Å². The number of halogens is 2. The molecule has 6 rings (SSSR count). The fraction of sp³-hybridized carbons (Fsp3) is 0.217. The summed E-state index contributed by atoms with van der Waals surface area (Å²) >= 11 is 0. The third kappa shape index (κ3) is 2.59. The van der Waals surface area contributed by atoms with Crippen LogP contribution < -0.4 is 10.1 Å². The lowest BCUT2D eigenvalue weighted by molar-refractivity contribution is 0.282. The second-order valence-electron chi connectivity index (χ2n) is 7.78. The number of nitrogens with one attached hydrogen (secondary N) is 3. The maximum atomic E-state index is 13.9. The van der Waals surface area contributed by atoms with Crippen molar-refractivity contribution < 1.29 is 13.5 Å². The molecular formula is C23H19F2N3O. The van der Waals surface area contributed by atoms with Crippen molar-refractivity contribution in [3.63, 3.8) is 0 Å². The second kappa shape index (κ2) is 6.19. The summed E-state index contributed by atoms with van der Waals surface area (Å²) < 4.78 is 34.2. The lowest BCUT2D eigenvalue weighted by Gasteiger charge is -2.14. The first-order valence-electron chi connectivity index (χ1n) is 9.88. The Balaban J connectivity index is 1.66. The minimum atomic E-state index is -0.291. The van der Waals surface area contributed by atoms with Gasteiger partial charge in [-0.15, -0.1) is 0 Å². The lowest BCUT2D eigenvalue weighted by atomic mass is 10.1. The summed E-state index contributed by atoms with van der Waals surface area (Å²) in [5, 5.41) is 6.76. The predicted molar refractivity (Wildman–Crippen MR) is 112 cm³/mol. The van der Waals surface area contributed by atoms with Gasteiger partial charge in [0.15, 0.2) is 5.75 Å². The molecule has 0 radical (unpaired) electrons. The van der Waals surface area contributed by atoms with Crippen molar-refractivity contribution >= 4 is 43.6 Å².